The molecule has 0 aliphatic carbocycles. The van der Waals surface area contributed by atoms with E-state index >= 15 is 0 Å². The summed E-state index contributed by atoms with van der Waals surface area (Å²) in [4.78, 5) is 14.3. The van der Waals surface area contributed by atoms with Gasteiger partial charge >= 0.3 is 0 Å². The van der Waals surface area contributed by atoms with E-state index in [-0.39, 0.29) is 16.8 Å². The Kier molecular flexibility index (Phi) is 5.96. The third-order valence-electron chi connectivity index (χ3n) is 4.46. The van der Waals surface area contributed by atoms with Gasteiger partial charge in [0.1, 0.15) is 0 Å². The molecule has 0 spiro atoms. The SMILES string of the molecule is O=C(CC1COCCN1)N1CCN(S(=O)(=O)c2ccc(Cl)cc2)CC1. The van der Waals surface area contributed by atoms with Crippen LogP contribution in [0.15, 0.2) is 29.2 Å². The van der Waals surface area contributed by atoms with Crippen LogP contribution in [0, 0.1) is 0 Å². The number of sulfonamides is 1. The van der Waals surface area contributed by atoms with Gasteiger partial charge in [-0.05, 0) is 24.3 Å². The summed E-state index contributed by atoms with van der Waals surface area (Å²) in [5.74, 6) is 0.0338. The number of ether oxygens (including phenoxy) is 1. The van der Waals surface area contributed by atoms with Crippen LogP contribution in [0.25, 0.3) is 0 Å². The van der Waals surface area contributed by atoms with Crippen LogP contribution in [0.2, 0.25) is 5.02 Å². The van der Waals surface area contributed by atoms with E-state index in [0.717, 1.165) is 6.54 Å². The number of carbonyl (C=O) groups is 1. The van der Waals surface area contributed by atoms with Gasteiger partial charge in [0.05, 0.1) is 18.1 Å². The highest BCUT2D eigenvalue weighted by atomic mass is 35.5. The van der Waals surface area contributed by atoms with Gasteiger partial charge in [0.25, 0.3) is 0 Å². The highest BCUT2D eigenvalue weighted by Gasteiger charge is 2.30. The highest BCUT2D eigenvalue weighted by Crippen LogP contribution is 2.20. The number of piperazine rings is 1. The number of hydrogen-bond acceptors (Lipinski definition) is 5. The summed E-state index contributed by atoms with van der Waals surface area (Å²) in [6.45, 7) is 3.36. The van der Waals surface area contributed by atoms with Gasteiger partial charge in [-0.1, -0.05) is 11.6 Å². The number of halogens is 1. The fourth-order valence-corrected chi connectivity index (χ4v) is 4.57. The van der Waals surface area contributed by atoms with Crippen LogP contribution in [0.4, 0.5) is 0 Å². The van der Waals surface area contributed by atoms with E-state index in [4.69, 9.17) is 16.3 Å². The Hall–Kier alpha value is -1.19. The van der Waals surface area contributed by atoms with Gasteiger partial charge in [0.2, 0.25) is 15.9 Å². The van der Waals surface area contributed by atoms with Crippen LogP contribution in [-0.4, -0.2) is 75.5 Å². The molecule has 1 N–H and O–H groups in total. The fourth-order valence-electron chi connectivity index (χ4n) is 3.02. The Labute approximate surface area is 152 Å². The first-order valence-electron chi connectivity index (χ1n) is 8.31. The maximum atomic E-state index is 12.6. The van der Waals surface area contributed by atoms with E-state index in [1.807, 2.05) is 0 Å². The molecule has 2 aliphatic heterocycles. The van der Waals surface area contributed by atoms with Crippen molar-refractivity contribution in [3.05, 3.63) is 29.3 Å². The normalized spacial score (nSPS) is 22.8. The second kappa shape index (κ2) is 8.01. The van der Waals surface area contributed by atoms with Gasteiger partial charge in [0, 0.05) is 50.2 Å². The molecule has 3 rings (SSSR count). The second-order valence-corrected chi connectivity index (χ2v) is 8.54. The first-order chi connectivity index (χ1) is 12.0. The van der Waals surface area contributed by atoms with Crippen LogP contribution < -0.4 is 5.32 Å². The summed E-state index contributed by atoms with van der Waals surface area (Å²) in [5, 5.41) is 3.75. The van der Waals surface area contributed by atoms with Crippen LogP contribution >= 0.6 is 11.6 Å². The number of morpholine rings is 1. The molecule has 9 heteroatoms. The Morgan fingerprint density at radius 2 is 1.88 bits per heavy atom. The van der Waals surface area contributed by atoms with Gasteiger partial charge in [-0.15, -0.1) is 0 Å². The zero-order chi connectivity index (χ0) is 17.9. The van der Waals surface area contributed by atoms with Crippen molar-refractivity contribution in [2.45, 2.75) is 17.4 Å². The van der Waals surface area contributed by atoms with Crippen molar-refractivity contribution in [2.75, 3.05) is 45.9 Å². The van der Waals surface area contributed by atoms with E-state index in [1.165, 1.54) is 16.4 Å². The fraction of sp³-hybridized carbons (Fsp3) is 0.562. The minimum atomic E-state index is -3.55. The zero-order valence-electron chi connectivity index (χ0n) is 13.9. The largest absolute Gasteiger partial charge is 0.378 e. The molecule has 25 heavy (non-hydrogen) atoms. The van der Waals surface area contributed by atoms with Crippen molar-refractivity contribution in [1.29, 1.82) is 0 Å². The van der Waals surface area contributed by atoms with E-state index in [9.17, 15) is 13.2 Å². The smallest absolute Gasteiger partial charge is 0.243 e. The van der Waals surface area contributed by atoms with Crippen LogP contribution in [0.5, 0.6) is 0 Å². The van der Waals surface area contributed by atoms with Gasteiger partial charge in [0.15, 0.2) is 0 Å². The third kappa shape index (κ3) is 4.51. The second-order valence-electron chi connectivity index (χ2n) is 6.17. The first kappa shape index (κ1) is 18.6. The number of nitrogens with zero attached hydrogens (tertiary/aromatic N) is 2. The topological polar surface area (TPSA) is 79.0 Å². The lowest BCUT2D eigenvalue weighted by atomic mass is 10.1. The van der Waals surface area contributed by atoms with Gasteiger partial charge < -0.3 is 15.0 Å². The summed E-state index contributed by atoms with van der Waals surface area (Å²) in [6, 6.07) is 6.17. The van der Waals surface area contributed by atoms with E-state index in [1.54, 1.807) is 17.0 Å². The number of nitrogens with one attached hydrogen (secondary N) is 1. The van der Waals surface area contributed by atoms with Crippen molar-refractivity contribution in [3.8, 4) is 0 Å². The lowest BCUT2D eigenvalue weighted by Crippen LogP contribution is -2.52. The number of rotatable bonds is 4. The molecule has 1 unspecified atom stereocenters. The monoisotopic (exact) mass is 387 g/mol. The maximum Gasteiger partial charge on any atom is 0.243 e. The Morgan fingerprint density at radius 1 is 1.20 bits per heavy atom. The van der Waals surface area contributed by atoms with E-state index in [0.29, 0.717) is 50.8 Å². The molecule has 2 saturated heterocycles. The molecule has 1 atom stereocenters. The average molecular weight is 388 g/mol. The zero-order valence-corrected chi connectivity index (χ0v) is 15.4. The summed E-state index contributed by atoms with van der Waals surface area (Å²) >= 11 is 5.81. The summed E-state index contributed by atoms with van der Waals surface area (Å²) < 4.78 is 32.1. The molecule has 7 nitrogen and oxygen atoms in total. The highest BCUT2D eigenvalue weighted by molar-refractivity contribution is 7.89. The molecule has 2 aliphatic rings. The number of hydrogen-bond donors (Lipinski definition) is 1. The molecular formula is C16H22ClN3O4S. The van der Waals surface area contributed by atoms with Crippen LogP contribution in [0.1, 0.15) is 6.42 Å². The lowest BCUT2D eigenvalue weighted by molar-refractivity contribution is -0.133. The summed E-state index contributed by atoms with van der Waals surface area (Å²) in [6.07, 6.45) is 0.379. The minimum absolute atomic E-state index is 0.0338. The van der Waals surface area contributed by atoms with Crippen molar-refractivity contribution in [3.63, 3.8) is 0 Å². The molecule has 2 heterocycles. The molecule has 0 radical (unpaired) electrons. The minimum Gasteiger partial charge on any atom is -0.378 e. The predicted octanol–water partition coefficient (Wildman–Crippen LogP) is 0.551. The molecule has 0 saturated carbocycles. The Balaban J connectivity index is 1.55. The van der Waals surface area contributed by atoms with Crippen molar-refractivity contribution in [1.82, 2.24) is 14.5 Å². The molecule has 1 amide bonds. The van der Waals surface area contributed by atoms with Crippen LogP contribution in [-0.2, 0) is 19.6 Å². The number of carbonyl (C=O) groups excluding carboxylic acids is 1. The van der Waals surface area contributed by atoms with Crippen molar-refractivity contribution >= 4 is 27.5 Å². The van der Waals surface area contributed by atoms with E-state index in [2.05, 4.69) is 5.32 Å². The van der Waals surface area contributed by atoms with Crippen molar-refractivity contribution < 1.29 is 17.9 Å². The predicted molar refractivity (Wildman–Crippen MR) is 94.0 cm³/mol. The van der Waals surface area contributed by atoms with Crippen LogP contribution in [0.3, 0.4) is 0 Å². The molecule has 138 valence electrons. The number of benzene rings is 1. The molecule has 2 fully saturated rings. The van der Waals surface area contributed by atoms with Gasteiger partial charge in [-0.2, -0.15) is 4.31 Å². The third-order valence-corrected chi connectivity index (χ3v) is 6.63. The molecule has 0 aromatic heterocycles. The Bertz CT molecular complexity index is 697. The number of amides is 1. The van der Waals surface area contributed by atoms with E-state index < -0.39 is 10.0 Å². The Morgan fingerprint density at radius 3 is 2.48 bits per heavy atom. The maximum absolute atomic E-state index is 12.6. The standard InChI is InChI=1S/C16H22ClN3O4S/c17-13-1-3-15(4-2-13)25(22,23)20-8-6-19(7-9-20)16(21)11-14-12-24-10-5-18-14/h1-4,14,18H,5-12H2. The quantitative estimate of drug-likeness (QED) is 0.816. The summed E-state index contributed by atoms with van der Waals surface area (Å²) in [7, 11) is -3.55. The lowest BCUT2D eigenvalue weighted by Gasteiger charge is -2.35. The molecular weight excluding hydrogens is 366 g/mol. The van der Waals surface area contributed by atoms with Crippen molar-refractivity contribution in [2.24, 2.45) is 0 Å². The molecule has 1 aromatic rings. The average Bonchev–Trinajstić information content (AvgIpc) is 2.63. The van der Waals surface area contributed by atoms with Gasteiger partial charge in [-0.3, -0.25) is 4.79 Å². The molecule has 1 aromatic carbocycles. The summed E-state index contributed by atoms with van der Waals surface area (Å²) in [5.41, 5.74) is 0. The molecule has 0 bridgehead atoms. The first-order valence-corrected chi connectivity index (χ1v) is 10.1. The van der Waals surface area contributed by atoms with Gasteiger partial charge in [-0.25, -0.2) is 8.42 Å².